The van der Waals surface area contributed by atoms with Crippen LogP contribution in [-0.2, 0) is 16.1 Å². The van der Waals surface area contributed by atoms with Crippen molar-refractivity contribution in [3.8, 4) is 5.88 Å². The Labute approximate surface area is 101 Å². The SMILES string of the molecule is COCCOCCCOc1cc(CO)ccn1. The van der Waals surface area contributed by atoms with Gasteiger partial charge in [-0.05, 0) is 11.6 Å². The van der Waals surface area contributed by atoms with E-state index in [1.807, 2.05) is 0 Å². The second kappa shape index (κ2) is 8.92. The van der Waals surface area contributed by atoms with Crippen molar-refractivity contribution in [1.82, 2.24) is 4.98 Å². The highest BCUT2D eigenvalue weighted by molar-refractivity contribution is 5.19. The molecule has 0 saturated carbocycles. The van der Waals surface area contributed by atoms with Crippen LogP contribution in [0, 0.1) is 0 Å². The molecule has 0 aliphatic heterocycles. The molecule has 1 aromatic rings. The highest BCUT2D eigenvalue weighted by Gasteiger charge is 1.97. The molecule has 5 heteroatoms. The number of rotatable bonds is 9. The zero-order chi connectivity index (χ0) is 12.3. The first-order valence-electron chi connectivity index (χ1n) is 5.62. The van der Waals surface area contributed by atoms with Crippen molar-refractivity contribution in [2.45, 2.75) is 13.0 Å². The largest absolute Gasteiger partial charge is 0.478 e. The van der Waals surface area contributed by atoms with Gasteiger partial charge in [0.15, 0.2) is 0 Å². The Bertz CT molecular complexity index is 306. The van der Waals surface area contributed by atoms with E-state index in [1.165, 1.54) is 0 Å². The van der Waals surface area contributed by atoms with Crippen LogP contribution in [0.25, 0.3) is 0 Å². The van der Waals surface area contributed by atoms with Gasteiger partial charge in [0.2, 0.25) is 5.88 Å². The van der Waals surface area contributed by atoms with Crippen LogP contribution in [0.15, 0.2) is 18.3 Å². The van der Waals surface area contributed by atoms with Gasteiger partial charge in [-0.25, -0.2) is 4.98 Å². The van der Waals surface area contributed by atoms with E-state index >= 15 is 0 Å². The number of hydrogen-bond donors (Lipinski definition) is 1. The maximum absolute atomic E-state index is 8.94. The van der Waals surface area contributed by atoms with Gasteiger partial charge >= 0.3 is 0 Å². The molecule has 1 N–H and O–H groups in total. The maximum Gasteiger partial charge on any atom is 0.213 e. The van der Waals surface area contributed by atoms with E-state index in [-0.39, 0.29) is 6.61 Å². The van der Waals surface area contributed by atoms with Crippen molar-refractivity contribution >= 4 is 0 Å². The third-order valence-corrected chi connectivity index (χ3v) is 2.10. The fourth-order valence-electron chi connectivity index (χ4n) is 1.21. The highest BCUT2D eigenvalue weighted by Crippen LogP contribution is 2.09. The van der Waals surface area contributed by atoms with Gasteiger partial charge in [-0.2, -0.15) is 0 Å². The minimum absolute atomic E-state index is 0.000983. The molecule has 0 bridgehead atoms. The number of pyridine rings is 1. The molecule has 5 nitrogen and oxygen atoms in total. The standard InChI is InChI=1S/C12H19NO4/c1-15-7-8-16-5-2-6-17-12-9-11(10-14)3-4-13-12/h3-4,9,14H,2,5-8,10H2,1H3. The van der Waals surface area contributed by atoms with Crippen LogP contribution in [0.5, 0.6) is 5.88 Å². The summed E-state index contributed by atoms with van der Waals surface area (Å²) < 4.78 is 15.6. The number of nitrogens with zero attached hydrogens (tertiary/aromatic N) is 1. The molecule has 1 rings (SSSR count). The summed E-state index contributed by atoms with van der Waals surface area (Å²) in [7, 11) is 1.65. The zero-order valence-electron chi connectivity index (χ0n) is 10.1. The molecule has 96 valence electrons. The van der Waals surface area contributed by atoms with Gasteiger partial charge in [-0.3, -0.25) is 0 Å². The molecule has 0 fully saturated rings. The topological polar surface area (TPSA) is 60.8 Å². The summed E-state index contributed by atoms with van der Waals surface area (Å²) >= 11 is 0. The Morgan fingerprint density at radius 2 is 2.12 bits per heavy atom. The summed E-state index contributed by atoms with van der Waals surface area (Å²) in [6, 6.07) is 3.48. The van der Waals surface area contributed by atoms with E-state index in [0.29, 0.717) is 32.3 Å². The van der Waals surface area contributed by atoms with Gasteiger partial charge in [-0.15, -0.1) is 0 Å². The molecule has 0 saturated heterocycles. The van der Waals surface area contributed by atoms with E-state index in [1.54, 1.807) is 25.4 Å². The molecule has 17 heavy (non-hydrogen) atoms. The smallest absolute Gasteiger partial charge is 0.213 e. The summed E-state index contributed by atoms with van der Waals surface area (Å²) in [5, 5.41) is 8.94. The van der Waals surface area contributed by atoms with Crippen molar-refractivity contribution in [3.05, 3.63) is 23.9 Å². The quantitative estimate of drug-likeness (QED) is 0.654. The van der Waals surface area contributed by atoms with E-state index in [2.05, 4.69) is 4.98 Å². The second-order valence-corrected chi connectivity index (χ2v) is 3.47. The number of aliphatic hydroxyl groups is 1. The lowest BCUT2D eigenvalue weighted by Crippen LogP contribution is -2.07. The second-order valence-electron chi connectivity index (χ2n) is 3.47. The average molecular weight is 241 g/mol. The molecule has 0 spiro atoms. The Hall–Kier alpha value is -1.17. The van der Waals surface area contributed by atoms with Crippen LogP contribution in [0.3, 0.4) is 0 Å². The Balaban J connectivity index is 2.09. The molecule has 0 aromatic carbocycles. The summed E-state index contributed by atoms with van der Waals surface area (Å²) in [5.41, 5.74) is 0.798. The summed E-state index contributed by atoms with van der Waals surface area (Å²) in [4.78, 5) is 4.04. The number of ether oxygens (including phenoxy) is 3. The Kier molecular flexibility index (Phi) is 7.29. The Morgan fingerprint density at radius 1 is 1.24 bits per heavy atom. The van der Waals surface area contributed by atoms with Crippen LogP contribution in [0.2, 0.25) is 0 Å². The fourth-order valence-corrected chi connectivity index (χ4v) is 1.21. The molecular formula is C12H19NO4. The number of hydrogen-bond acceptors (Lipinski definition) is 5. The minimum Gasteiger partial charge on any atom is -0.478 e. The summed E-state index contributed by atoms with van der Waals surface area (Å²) in [6.07, 6.45) is 2.42. The predicted molar refractivity (Wildman–Crippen MR) is 63.0 cm³/mol. The van der Waals surface area contributed by atoms with Crippen molar-refractivity contribution in [2.24, 2.45) is 0 Å². The van der Waals surface area contributed by atoms with Gasteiger partial charge in [0.25, 0.3) is 0 Å². The molecule has 0 amide bonds. The normalized spacial score (nSPS) is 10.5. The van der Waals surface area contributed by atoms with Gasteiger partial charge < -0.3 is 19.3 Å². The third kappa shape index (κ3) is 6.21. The molecule has 1 aromatic heterocycles. The van der Waals surface area contributed by atoms with Crippen molar-refractivity contribution in [3.63, 3.8) is 0 Å². The molecule has 0 aliphatic carbocycles. The lowest BCUT2D eigenvalue weighted by atomic mass is 10.3. The van der Waals surface area contributed by atoms with Crippen molar-refractivity contribution < 1.29 is 19.3 Å². The summed E-state index contributed by atoms with van der Waals surface area (Å²) in [5.74, 6) is 0.536. The average Bonchev–Trinajstić information content (AvgIpc) is 2.38. The molecular weight excluding hydrogens is 222 g/mol. The van der Waals surface area contributed by atoms with Crippen LogP contribution >= 0.6 is 0 Å². The number of aliphatic hydroxyl groups excluding tert-OH is 1. The summed E-state index contributed by atoms with van der Waals surface area (Å²) in [6.45, 7) is 2.41. The van der Waals surface area contributed by atoms with E-state index in [9.17, 15) is 0 Å². The first kappa shape index (κ1) is 13.9. The van der Waals surface area contributed by atoms with Crippen LogP contribution < -0.4 is 4.74 Å². The maximum atomic E-state index is 8.94. The third-order valence-electron chi connectivity index (χ3n) is 2.10. The lowest BCUT2D eigenvalue weighted by molar-refractivity contribution is 0.0642. The van der Waals surface area contributed by atoms with Crippen molar-refractivity contribution in [1.29, 1.82) is 0 Å². The number of aromatic nitrogens is 1. The molecule has 1 heterocycles. The highest BCUT2D eigenvalue weighted by atomic mass is 16.5. The fraction of sp³-hybridized carbons (Fsp3) is 0.583. The molecule has 0 atom stereocenters. The van der Waals surface area contributed by atoms with Crippen molar-refractivity contribution in [2.75, 3.05) is 33.5 Å². The van der Waals surface area contributed by atoms with Gasteiger partial charge in [0, 0.05) is 32.4 Å². The van der Waals surface area contributed by atoms with Gasteiger partial charge in [-0.1, -0.05) is 0 Å². The van der Waals surface area contributed by atoms with E-state index in [0.717, 1.165) is 12.0 Å². The van der Waals surface area contributed by atoms with Gasteiger partial charge in [0.05, 0.1) is 26.4 Å². The van der Waals surface area contributed by atoms with E-state index < -0.39 is 0 Å². The Morgan fingerprint density at radius 3 is 2.88 bits per heavy atom. The lowest BCUT2D eigenvalue weighted by Gasteiger charge is -2.06. The number of methoxy groups -OCH3 is 1. The van der Waals surface area contributed by atoms with Gasteiger partial charge in [0.1, 0.15) is 0 Å². The van der Waals surface area contributed by atoms with E-state index in [4.69, 9.17) is 19.3 Å². The first-order chi connectivity index (χ1) is 8.36. The zero-order valence-corrected chi connectivity index (χ0v) is 10.1. The van der Waals surface area contributed by atoms with Crippen LogP contribution in [-0.4, -0.2) is 43.6 Å². The molecule has 0 unspecified atom stereocenters. The monoisotopic (exact) mass is 241 g/mol. The predicted octanol–water partition coefficient (Wildman–Crippen LogP) is 1.01. The molecule has 0 radical (unpaired) electrons. The van der Waals surface area contributed by atoms with Crippen LogP contribution in [0.1, 0.15) is 12.0 Å². The molecule has 0 aliphatic rings. The van der Waals surface area contributed by atoms with Crippen LogP contribution in [0.4, 0.5) is 0 Å². The first-order valence-corrected chi connectivity index (χ1v) is 5.62. The minimum atomic E-state index is -0.000983.